The largest absolute Gasteiger partial charge is 0.340 e. The number of aromatic nitrogens is 2. The first-order valence-electron chi connectivity index (χ1n) is 9.40. The second-order valence-corrected chi connectivity index (χ2v) is 8.67. The monoisotopic (exact) mass is 450 g/mol. The molecule has 0 N–H and O–H groups in total. The molecule has 29 heavy (non-hydrogen) atoms. The van der Waals surface area contributed by atoms with Crippen LogP contribution in [-0.4, -0.2) is 51.3 Å². The minimum atomic E-state index is -0.0558. The Kier molecular flexibility index (Phi) is 6.20. The van der Waals surface area contributed by atoms with E-state index in [0.717, 1.165) is 24.3 Å². The number of carbonyl (C=O) groups is 1. The highest BCUT2D eigenvalue weighted by Gasteiger charge is 2.22. The minimum Gasteiger partial charge on any atom is -0.340 e. The summed E-state index contributed by atoms with van der Waals surface area (Å²) in [4.78, 5) is 34.1. The van der Waals surface area contributed by atoms with Crippen LogP contribution in [0.1, 0.15) is 17.7 Å². The van der Waals surface area contributed by atoms with E-state index in [1.54, 1.807) is 22.7 Å². The summed E-state index contributed by atoms with van der Waals surface area (Å²) in [6.07, 6.45) is 2.72. The van der Waals surface area contributed by atoms with Crippen molar-refractivity contribution >= 4 is 45.4 Å². The number of amides is 1. The van der Waals surface area contributed by atoms with E-state index in [0.29, 0.717) is 47.5 Å². The van der Waals surface area contributed by atoms with Crippen molar-refractivity contribution in [2.75, 3.05) is 26.2 Å². The van der Waals surface area contributed by atoms with Gasteiger partial charge >= 0.3 is 0 Å². The van der Waals surface area contributed by atoms with Crippen LogP contribution in [0.4, 0.5) is 0 Å². The van der Waals surface area contributed by atoms with Crippen molar-refractivity contribution in [1.29, 1.82) is 0 Å². The van der Waals surface area contributed by atoms with Crippen LogP contribution in [0.2, 0.25) is 10.0 Å². The van der Waals surface area contributed by atoms with E-state index in [9.17, 15) is 9.59 Å². The predicted molar refractivity (Wildman–Crippen MR) is 116 cm³/mol. The van der Waals surface area contributed by atoms with Crippen LogP contribution in [0.25, 0.3) is 4.96 Å². The molecule has 4 rings (SSSR count). The Bertz CT molecular complexity index is 1090. The molecule has 0 spiro atoms. The molecule has 1 amide bonds. The molecule has 152 valence electrons. The van der Waals surface area contributed by atoms with E-state index in [1.165, 1.54) is 11.3 Å². The molecule has 0 radical (unpaired) electrons. The highest BCUT2D eigenvalue weighted by atomic mass is 35.5. The molecule has 3 heterocycles. The molecule has 2 aromatic heterocycles. The average molecular weight is 451 g/mol. The lowest BCUT2D eigenvalue weighted by Crippen LogP contribution is -2.48. The van der Waals surface area contributed by atoms with Gasteiger partial charge in [0.1, 0.15) is 0 Å². The van der Waals surface area contributed by atoms with E-state index in [-0.39, 0.29) is 11.5 Å². The maximum atomic E-state index is 12.6. The van der Waals surface area contributed by atoms with Crippen LogP contribution in [-0.2, 0) is 17.8 Å². The molecule has 1 saturated heterocycles. The first kappa shape index (κ1) is 20.3. The van der Waals surface area contributed by atoms with Gasteiger partial charge in [0, 0.05) is 56.8 Å². The van der Waals surface area contributed by atoms with Gasteiger partial charge in [-0.1, -0.05) is 35.3 Å². The van der Waals surface area contributed by atoms with Gasteiger partial charge in [-0.2, -0.15) is 0 Å². The molecule has 6 nitrogen and oxygen atoms in total. The van der Waals surface area contributed by atoms with Crippen LogP contribution < -0.4 is 5.56 Å². The van der Waals surface area contributed by atoms with E-state index in [4.69, 9.17) is 23.2 Å². The molecule has 1 aliphatic rings. The van der Waals surface area contributed by atoms with Crippen LogP contribution in [0.3, 0.4) is 0 Å². The Balaban J connectivity index is 1.30. The molecule has 0 bridgehead atoms. The van der Waals surface area contributed by atoms with Gasteiger partial charge in [-0.05, 0) is 18.1 Å². The molecule has 0 saturated carbocycles. The summed E-state index contributed by atoms with van der Waals surface area (Å²) in [5.74, 6) is 0.122. The molecular weight excluding hydrogens is 431 g/mol. The van der Waals surface area contributed by atoms with Crippen molar-refractivity contribution in [3.05, 3.63) is 67.5 Å². The van der Waals surface area contributed by atoms with Gasteiger partial charge in [-0.3, -0.25) is 18.9 Å². The van der Waals surface area contributed by atoms with Crippen molar-refractivity contribution in [1.82, 2.24) is 19.2 Å². The van der Waals surface area contributed by atoms with E-state index >= 15 is 0 Å². The van der Waals surface area contributed by atoms with E-state index in [2.05, 4.69) is 9.88 Å². The zero-order chi connectivity index (χ0) is 20.4. The van der Waals surface area contributed by atoms with Crippen molar-refractivity contribution in [2.45, 2.75) is 19.4 Å². The number of hydrogen-bond donors (Lipinski definition) is 0. The predicted octanol–water partition coefficient (Wildman–Crippen LogP) is 3.34. The SMILES string of the molecule is O=C(CCc1cccc(Cl)c1Cl)N1CCN(Cc2cc(=O)n3ccsc3n2)CC1. The summed E-state index contributed by atoms with van der Waals surface area (Å²) in [7, 11) is 0. The molecular formula is C20H20Cl2N4O2S. The smallest absolute Gasteiger partial charge is 0.258 e. The molecule has 1 aliphatic heterocycles. The van der Waals surface area contributed by atoms with Crippen molar-refractivity contribution < 1.29 is 4.79 Å². The Morgan fingerprint density at radius 2 is 1.97 bits per heavy atom. The van der Waals surface area contributed by atoms with E-state index < -0.39 is 0 Å². The normalized spacial score (nSPS) is 15.2. The zero-order valence-corrected chi connectivity index (χ0v) is 18.0. The maximum Gasteiger partial charge on any atom is 0.258 e. The van der Waals surface area contributed by atoms with Crippen LogP contribution in [0.15, 0.2) is 40.6 Å². The Morgan fingerprint density at radius 1 is 1.17 bits per heavy atom. The number of thiazole rings is 1. The Hall–Kier alpha value is -1.93. The van der Waals surface area contributed by atoms with Gasteiger partial charge in [0.05, 0.1) is 15.7 Å². The number of benzene rings is 1. The number of fused-ring (bicyclic) bond motifs is 1. The second kappa shape index (κ2) is 8.83. The number of rotatable bonds is 5. The molecule has 0 atom stereocenters. The van der Waals surface area contributed by atoms with Gasteiger partial charge in [0.2, 0.25) is 5.91 Å². The zero-order valence-electron chi connectivity index (χ0n) is 15.7. The maximum absolute atomic E-state index is 12.6. The molecule has 0 unspecified atom stereocenters. The first-order valence-corrected chi connectivity index (χ1v) is 11.0. The molecule has 1 aromatic carbocycles. The number of halogens is 2. The number of aryl methyl sites for hydroxylation is 1. The van der Waals surface area contributed by atoms with Crippen LogP contribution >= 0.6 is 34.5 Å². The van der Waals surface area contributed by atoms with Gasteiger partial charge in [-0.25, -0.2) is 4.98 Å². The van der Waals surface area contributed by atoms with Gasteiger partial charge in [0.15, 0.2) is 4.96 Å². The summed E-state index contributed by atoms with van der Waals surface area (Å²) in [5.41, 5.74) is 1.61. The first-order chi connectivity index (χ1) is 14.0. The summed E-state index contributed by atoms with van der Waals surface area (Å²) >= 11 is 13.7. The number of hydrogen-bond acceptors (Lipinski definition) is 5. The van der Waals surface area contributed by atoms with Gasteiger partial charge in [0.25, 0.3) is 5.56 Å². The summed E-state index contributed by atoms with van der Waals surface area (Å²) in [6.45, 7) is 3.47. The highest BCUT2D eigenvalue weighted by Crippen LogP contribution is 2.26. The Morgan fingerprint density at radius 3 is 2.76 bits per heavy atom. The Labute approximate surface area is 182 Å². The third kappa shape index (κ3) is 4.64. The highest BCUT2D eigenvalue weighted by molar-refractivity contribution is 7.15. The number of piperazine rings is 1. The molecule has 1 fully saturated rings. The van der Waals surface area contributed by atoms with Crippen molar-refractivity contribution in [2.24, 2.45) is 0 Å². The quantitative estimate of drug-likeness (QED) is 0.597. The standard InChI is InChI=1S/C20H20Cl2N4O2S/c21-16-3-1-2-14(19(16)22)4-5-17(27)25-8-6-24(7-9-25)13-15-12-18(28)26-10-11-29-20(26)23-15/h1-3,10-12H,4-9,13H2. The van der Waals surface area contributed by atoms with Crippen LogP contribution in [0, 0.1) is 0 Å². The fourth-order valence-electron chi connectivity index (χ4n) is 3.49. The molecule has 0 aliphatic carbocycles. The van der Waals surface area contributed by atoms with Crippen molar-refractivity contribution in [3.8, 4) is 0 Å². The lowest BCUT2D eigenvalue weighted by Gasteiger charge is -2.34. The van der Waals surface area contributed by atoms with Crippen molar-refractivity contribution in [3.63, 3.8) is 0 Å². The van der Waals surface area contributed by atoms with Crippen LogP contribution in [0.5, 0.6) is 0 Å². The topological polar surface area (TPSA) is 57.9 Å². The summed E-state index contributed by atoms with van der Waals surface area (Å²) in [6, 6.07) is 7.08. The van der Waals surface area contributed by atoms with Gasteiger partial charge in [-0.15, -0.1) is 11.3 Å². The fraction of sp³-hybridized carbons (Fsp3) is 0.350. The second-order valence-electron chi connectivity index (χ2n) is 7.01. The third-order valence-corrected chi connectivity index (χ3v) is 6.72. The molecule has 3 aromatic rings. The minimum absolute atomic E-state index is 0.0558. The lowest BCUT2D eigenvalue weighted by molar-refractivity contribution is -0.133. The fourth-order valence-corrected chi connectivity index (χ4v) is 4.65. The lowest BCUT2D eigenvalue weighted by atomic mass is 10.1. The summed E-state index contributed by atoms with van der Waals surface area (Å²) < 4.78 is 1.55. The molecule has 9 heteroatoms. The van der Waals surface area contributed by atoms with Gasteiger partial charge < -0.3 is 4.90 Å². The average Bonchev–Trinajstić information content (AvgIpc) is 3.19. The number of carbonyl (C=O) groups excluding carboxylic acids is 1. The number of nitrogens with zero attached hydrogens (tertiary/aromatic N) is 4. The van der Waals surface area contributed by atoms with E-state index in [1.807, 2.05) is 22.4 Å². The summed E-state index contributed by atoms with van der Waals surface area (Å²) in [5, 5.41) is 2.89. The third-order valence-electron chi connectivity index (χ3n) is 5.11.